The van der Waals surface area contributed by atoms with Crippen molar-refractivity contribution in [3.63, 3.8) is 0 Å². The smallest absolute Gasteiger partial charge is 0.264 e. The lowest BCUT2D eigenvalue weighted by Gasteiger charge is -2.15. The van der Waals surface area contributed by atoms with Gasteiger partial charge in [-0.05, 0) is 48.1 Å². The molecule has 0 radical (unpaired) electrons. The van der Waals surface area contributed by atoms with E-state index in [1.807, 2.05) is 24.3 Å². The molecule has 1 aromatic carbocycles. The molecule has 1 fully saturated rings. The van der Waals surface area contributed by atoms with Gasteiger partial charge in [0.15, 0.2) is 0 Å². The number of rotatable bonds is 4. The van der Waals surface area contributed by atoms with Crippen LogP contribution in [0.15, 0.2) is 23.8 Å². The number of likely N-dealkylation sites (tertiary alicyclic amines) is 1. The highest BCUT2D eigenvalue weighted by atomic mass is 16.5. The largest absolute Gasteiger partial charge is 0.496 e. The maximum Gasteiger partial charge on any atom is 0.264 e. The summed E-state index contributed by atoms with van der Waals surface area (Å²) in [5.41, 5.74) is 2.12. The van der Waals surface area contributed by atoms with Crippen molar-refractivity contribution in [2.75, 3.05) is 20.2 Å². The number of hydrogen-bond donors (Lipinski definition) is 0. The number of nitriles is 1. The van der Waals surface area contributed by atoms with Gasteiger partial charge in [0.25, 0.3) is 5.91 Å². The molecule has 0 saturated carbocycles. The van der Waals surface area contributed by atoms with E-state index in [-0.39, 0.29) is 11.5 Å². The first-order valence-electron chi connectivity index (χ1n) is 7.65. The lowest BCUT2D eigenvalue weighted by atomic mass is 9.98. The van der Waals surface area contributed by atoms with Crippen LogP contribution in [0.4, 0.5) is 0 Å². The standard InChI is InChI=1S/C18H22N2O2/c1-13(2)16-11-14(6-7-17(16)22-3)10-15(12-19)18(21)20-8-4-5-9-20/h6-7,10-11,13H,4-5,8-9H2,1-3H3/b15-10+. The second-order valence-corrected chi connectivity index (χ2v) is 5.83. The van der Waals surface area contributed by atoms with E-state index in [1.54, 1.807) is 18.1 Å². The minimum absolute atomic E-state index is 0.165. The molecule has 0 unspecified atom stereocenters. The minimum atomic E-state index is -0.165. The van der Waals surface area contributed by atoms with Gasteiger partial charge in [-0.2, -0.15) is 5.26 Å². The third-order valence-electron chi connectivity index (χ3n) is 3.93. The SMILES string of the molecule is COc1ccc(/C=C(\C#N)C(=O)N2CCCC2)cc1C(C)C. The predicted octanol–water partition coefficient (Wildman–Crippen LogP) is 3.35. The summed E-state index contributed by atoms with van der Waals surface area (Å²) < 4.78 is 5.36. The lowest BCUT2D eigenvalue weighted by Crippen LogP contribution is -2.28. The monoisotopic (exact) mass is 298 g/mol. The molecule has 0 aromatic heterocycles. The summed E-state index contributed by atoms with van der Waals surface area (Å²) >= 11 is 0. The van der Waals surface area contributed by atoms with Crippen molar-refractivity contribution >= 4 is 12.0 Å². The molecule has 116 valence electrons. The second-order valence-electron chi connectivity index (χ2n) is 5.83. The summed E-state index contributed by atoms with van der Waals surface area (Å²) in [7, 11) is 1.65. The molecule has 0 spiro atoms. The molecule has 4 nitrogen and oxygen atoms in total. The lowest BCUT2D eigenvalue weighted by molar-refractivity contribution is -0.125. The van der Waals surface area contributed by atoms with Crippen LogP contribution in [-0.4, -0.2) is 31.0 Å². The van der Waals surface area contributed by atoms with Gasteiger partial charge in [-0.3, -0.25) is 4.79 Å². The normalized spacial score (nSPS) is 15.0. The zero-order valence-electron chi connectivity index (χ0n) is 13.4. The number of ether oxygens (including phenoxy) is 1. The number of benzene rings is 1. The fourth-order valence-corrected chi connectivity index (χ4v) is 2.69. The molecule has 1 aromatic rings. The van der Waals surface area contributed by atoms with Crippen molar-refractivity contribution in [3.05, 3.63) is 34.9 Å². The number of carbonyl (C=O) groups is 1. The summed E-state index contributed by atoms with van der Waals surface area (Å²) in [4.78, 5) is 14.1. The van der Waals surface area contributed by atoms with Crippen LogP contribution >= 0.6 is 0 Å². The molecule has 0 bridgehead atoms. The van der Waals surface area contributed by atoms with Crippen molar-refractivity contribution in [3.8, 4) is 11.8 Å². The van der Waals surface area contributed by atoms with Gasteiger partial charge in [0.2, 0.25) is 0 Å². The van der Waals surface area contributed by atoms with Gasteiger partial charge < -0.3 is 9.64 Å². The molecule has 1 saturated heterocycles. The van der Waals surface area contributed by atoms with E-state index in [4.69, 9.17) is 4.74 Å². The fraction of sp³-hybridized carbons (Fsp3) is 0.444. The van der Waals surface area contributed by atoms with Crippen molar-refractivity contribution in [2.45, 2.75) is 32.6 Å². The van der Waals surface area contributed by atoms with Crippen LogP contribution in [0.5, 0.6) is 5.75 Å². The molecule has 4 heteroatoms. The van der Waals surface area contributed by atoms with Gasteiger partial charge in [0.1, 0.15) is 17.4 Å². The Balaban J connectivity index is 2.31. The van der Waals surface area contributed by atoms with E-state index in [1.165, 1.54) is 0 Å². The van der Waals surface area contributed by atoms with Crippen molar-refractivity contribution < 1.29 is 9.53 Å². The Morgan fingerprint density at radius 2 is 2.05 bits per heavy atom. The van der Waals surface area contributed by atoms with Gasteiger partial charge in [0.05, 0.1) is 7.11 Å². The first kappa shape index (κ1) is 16.1. The Morgan fingerprint density at radius 3 is 2.59 bits per heavy atom. The van der Waals surface area contributed by atoms with E-state index in [2.05, 4.69) is 13.8 Å². The molecular formula is C18H22N2O2. The molecule has 1 aliphatic rings. The first-order valence-corrected chi connectivity index (χ1v) is 7.65. The van der Waals surface area contributed by atoms with Gasteiger partial charge >= 0.3 is 0 Å². The van der Waals surface area contributed by atoms with E-state index in [0.29, 0.717) is 5.92 Å². The van der Waals surface area contributed by atoms with Crippen LogP contribution in [-0.2, 0) is 4.79 Å². The molecule has 1 heterocycles. The summed E-state index contributed by atoms with van der Waals surface area (Å²) in [6.07, 6.45) is 3.71. The molecule has 0 N–H and O–H groups in total. The first-order chi connectivity index (χ1) is 10.6. The molecule has 0 atom stereocenters. The topological polar surface area (TPSA) is 53.3 Å². The Hall–Kier alpha value is -2.28. The maximum absolute atomic E-state index is 12.3. The molecule has 1 amide bonds. The Labute approximate surface area is 132 Å². The average Bonchev–Trinajstić information content (AvgIpc) is 3.06. The predicted molar refractivity (Wildman–Crippen MR) is 86.5 cm³/mol. The second kappa shape index (κ2) is 7.13. The van der Waals surface area contributed by atoms with Crippen LogP contribution in [0.3, 0.4) is 0 Å². The highest BCUT2D eigenvalue weighted by Gasteiger charge is 2.21. The number of carbonyl (C=O) groups excluding carboxylic acids is 1. The third-order valence-corrected chi connectivity index (χ3v) is 3.93. The minimum Gasteiger partial charge on any atom is -0.496 e. The third kappa shape index (κ3) is 3.48. The molecule has 1 aliphatic heterocycles. The number of methoxy groups -OCH3 is 1. The van der Waals surface area contributed by atoms with Crippen molar-refractivity contribution in [1.82, 2.24) is 4.90 Å². The fourth-order valence-electron chi connectivity index (χ4n) is 2.69. The van der Waals surface area contributed by atoms with Gasteiger partial charge in [-0.1, -0.05) is 19.9 Å². The number of amides is 1. The highest BCUT2D eigenvalue weighted by molar-refractivity contribution is 6.01. The molecule has 22 heavy (non-hydrogen) atoms. The van der Waals surface area contributed by atoms with Crippen LogP contribution < -0.4 is 4.74 Å². The Kier molecular flexibility index (Phi) is 5.21. The Bertz CT molecular complexity index is 620. The van der Waals surface area contributed by atoms with E-state index in [0.717, 1.165) is 42.8 Å². The number of nitrogens with zero attached hydrogens (tertiary/aromatic N) is 2. The quantitative estimate of drug-likeness (QED) is 0.632. The zero-order chi connectivity index (χ0) is 16.1. The van der Waals surface area contributed by atoms with E-state index in [9.17, 15) is 10.1 Å². The summed E-state index contributed by atoms with van der Waals surface area (Å²) in [5.74, 6) is 0.974. The van der Waals surface area contributed by atoms with Gasteiger partial charge in [-0.25, -0.2) is 0 Å². The van der Waals surface area contributed by atoms with E-state index < -0.39 is 0 Å². The number of hydrogen-bond acceptors (Lipinski definition) is 3. The maximum atomic E-state index is 12.3. The van der Waals surface area contributed by atoms with Gasteiger partial charge in [0, 0.05) is 13.1 Å². The Morgan fingerprint density at radius 1 is 1.36 bits per heavy atom. The van der Waals surface area contributed by atoms with Crippen LogP contribution in [0.1, 0.15) is 43.7 Å². The van der Waals surface area contributed by atoms with Gasteiger partial charge in [-0.15, -0.1) is 0 Å². The summed E-state index contributed by atoms with van der Waals surface area (Å²) in [5, 5.41) is 9.31. The van der Waals surface area contributed by atoms with Crippen LogP contribution in [0, 0.1) is 11.3 Å². The summed E-state index contributed by atoms with van der Waals surface area (Å²) in [6.45, 7) is 5.67. The van der Waals surface area contributed by atoms with Crippen LogP contribution in [0.25, 0.3) is 6.08 Å². The molecule has 2 rings (SSSR count). The summed E-state index contributed by atoms with van der Waals surface area (Å²) in [6, 6.07) is 7.79. The van der Waals surface area contributed by atoms with Crippen LogP contribution in [0.2, 0.25) is 0 Å². The van der Waals surface area contributed by atoms with Crippen molar-refractivity contribution in [2.24, 2.45) is 0 Å². The average molecular weight is 298 g/mol. The molecule has 0 aliphatic carbocycles. The molecular weight excluding hydrogens is 276 g/mol. The zero-order valence-corrected chi connectivity index (χ0v) is 13.4. The highest BCUT2D eigenvalue weighted by Crippen LogP contribution is 2.28. The van der Waals surface area contributed by atoms with Crippen molar-refractivity contribution in [1.29, 1.82) is 5.26 Å². The van der Waals surface area contributed by atoms with E-state index >= 15 is 0 Å².